The van der Waals surface area contributed by atoms with E-state index in [4.69, 9.17) is 0 Å². The van der Waals surface area contributed by atoms with Crippen LogP contribution in [0.4, 0.5) is 13.2 Å². The molecule has 0 aliphatic carbocycles. The Morgan fingerprint density at radius 2 is 1.96 bits per heavy atom. The number of hydrazine groups is 1. The first-order valence-electron chi connectivity index (χ1n) is 9.41. The lowest BCUT2D eigenvalue weighted by Gasteiger charge is -2.29. The smallest absolute Gasteiger partial charge is 0.139 e. The molecule has 3 rings (SSSR count). The maximum Gasteiger partial charge on any atom is 0.139 e. The molecule has 7 heteroatoms. The standard InChI is InChI=1S/C21H26F3N3S/c1-4-28-26-20-18(27(25-3)13-21(20,2)24)12-15-8-6-10-17(19(15)23)14-7-5-9-16(22)11-14/h5-11,18,20,25-26H,4,12-13H2,1-3H3. The van der Waals surface area contributed by atoms with Crippen molar-refractivity contribution in [3.8, 4) is 11.1 Å². The van der Waals surface area contributed by atoms with Crippen LogP contribution in [0.1, 0.15) is 19.4 Å². The minimum absolute atomic E-state index is 0.210. The maximum absolute atomic E-state index is 15.3. The third kappa shape index (κ3) is 4.38. The number of nitrogens with zero attached hydrogens (tertiary/aromatic N) is 1. The summed E-state index contributed by atoms with van der Waals surface area (Å²) in [6.07, 6.45) is 0.331. The molecule has 0 aromatic heterocycles. The molecule has 1 aliphatic heterocycles. The average Bonchev–Trinajstić information content (AvgIpc) is 2.91. The van der Waals surface area contributed by atoms with E-state index in [1.807, 2.05) is 11.9 Å². The lowest BCUT2D eigenvalue weighted by Crippen LogP contribution is -2.49. The molecule has 28 heavy (non-hydrogen) atoms. The Kier molecular flexibility index (Phi) is 6.70. The first-order chi connectivity index (χ1) is 13.4. The second-order valence-corrected chi connectivity index (χ2v) is 8.32. The van der Waals surface area contributed by atoms with Gasteiger partial charge < -0.3 is 0 Å². The summed E-state index contributed by atoms with van der Waals surface area (Å²) in [5, 5.41) is 1.82. The van der Waals surface area contributed by atoms with Crippen LogP contribution in [0.5, 0.6) is 0 Å². The Hall–Kier alpha value is -1.54. The summed E-state index contributed by atoms with van der Waals surface area (Å²) in [5.41, 5.74) is 2.91. The van der Waals surface area contributed by atoms with E-state index >= 15 is 8.78 Å². The lowest BCUT2D eigenvalue weighted by atomic mass is 9.92. The minimum Gasteiger partial charge on any atom is -0.258 e. The van der Waals surface area contributed by atoms with Gasteiger partial charge in [0.1, 0.15) is 17.3 Å². The first kappa shape index (κ1) is 21.2. The van der Waals surface area contributed by atoms with Crippen molar-refractivity contribution >= 4 is 11.9 Å². The molecule has 1 aliphatic rings. The van der Waals surface area contributed by atoms with Gasteiger partial charge in [-0.25, -0.2) is 18.2 Å². The largest absolute Gasteiger partial charge is 0.258 e. The van der Waals surface area contributed by atoms with E-state index in [0.717, 1.165) is 5.75 Å². The van der Waals surface area contributed by atoms with Crippen molar-refractivity contribution in [2.45, 2.75) is 38.0 Å². The van der Waals surface area contributed by atoms with Gasteiger partial charge in [0.25, 0.3) is 0 Å². The molecule has 0 amide bonds. The molecule has 1 fully saturated rings. The van der Waals surface area contributed by atoms with Crippen molar-refractivity contribution in [2.75, 3.05) is 19.3 Å². The topological polar surface area (TPSA) is 27.3 Å². The van der Waals surface area contributed by atoms with Crippen LogP contribution in [-0.4, -0.2) is 42.1 Å². The third-order valence-electron chi connectivity index (χ3n) is 5.20. The molecule has 1 saturated heterocycles. The van der Waals surface area contributed by atoms with Crippen molar-refractivity contribution in [3.63, 3.8) is 0 Å². The quantitative estimate of drug-likeness (QED) is 0.665. The molecule has 2 aromatic rings. The molecule has 0 saturated carbocycles. The summed E-state index contributed by atoms with van der Waals surface area (Å²) in [6.45, 7) is 3.78. The second-order valence-electron chi connectivity index (χ2n) is 7.22. The van der Waals surface area contributed by atoms with Gasteiger partial charge in [-0.15, -0.1) is 0 Å². The highest BCUT2D eigenvalue weighted by atomic mass is 32.2. The van der Waals surface area contributed by atoms with E-state index in [1.54, 1.807) is 44.3 Å². The summed E-state index contributed by atoms with van der Waals surface area (Å²) in [4.78, 5) is 0. The highest BCUT2D eigenvalue weighted by molar-refractivity contribution is 7.97. The molecular formula is C21H26F3N3S. The predicted octanol–water partition coefficient (Wildman–Crippen LogP) is 4.35. The van der Waals surface area contributed by atoms with Crippen molar-refractivity contribution in [3.05, 3.63) is 59.7 Å². The van der Waals surface area contributed by atoms with Gasteiger partial charge in [-0.1, -0.05) is 49.2 Å². The Labute approximate surface area is 168 Å². The summed E-state index contributed by atoms with van der Waals surface area (Å²) >= 11 is 1.46. The summed E-state index contributed by atoms with van der Waals surface area (Å²) in [6, 6.07) is 10.3. The van der Waals surface area contributed by atoms with Crippen molar-refractivity contribution in [1.29, 1.82) is 0 Å². The minimum atomic E-state index is -1.45. The van der Waals surface area contributed by atoms with Gasteiger partial charge in [0.05, 0.1) is 6.04 Å². The van der Waals surface area contributed by atoms with Gasteiger partial charge in [0, 0.05) is 23.9 Å². The predicted molar refractivity (Wildman–Crippen MR) is 110 cm³/mol. The fourth-order valence-electron chi connectivity index (χ4n) is 3.82. The normalized spacial score (nSPS) is 25.4. The Morgan fingerprint density at radius 3 is 2.64 bits per heavy atom. The van der Waals surface area contributed by atoms with E-state index < -0.39 is 23.3 Å². The number of benzene rings is 2. The molecule has 3 atom stereocenters. The van der Waals surface area contributed by atoms with Crippen molar-refractivity contribution < 1.29 is 13.2 Å². The lowest BCUT2D eigenvalue weighted by molar-refractivity contribution is 0.151. The van der Waals surface area contributed by atoms with Crippen LogP contribution >= 0.6 is 11.9 Å². The number of alkyl halides is 1. The van der Waals surface area contributed by atoms with Gasteiger partial charge in [0.2, 0.25) is 0 Å². The SMILES string of the molecule is CCSNC1C(Cc2cccc(-c3cccc(F)c3)c2F)N(NC)CC1(C)F. The number of hydrogen-bond donors (Lipinski definition) is 2. The number of hydrogen-bond acceptors (Lipinski definition) is 4. The van der Waals surface area contributed by atoms with Crippen LogP contribution in [0.3, 0.4) is 0 Å². The first-order valence-corrected chi connectivity index (χ1v) is 10.4. The summed E-state index contributed by atoms with van der Waals surface area (Å²) in [7, 11) is 1.75. The van der Waals surface area contributed by atoms with E-state index in [0.29, 0.717) is 23.1 Å². The van der Waals surface area contributed by atoms with Gasteiger partial charge in [-0.3, -0.25) is 10.1 Å². The summed E-state index contributed by atoms with van der Waals surface area (Å²) < 4.78 is 47.2. The number of halogens is 3. The van der Waals surface area contributed by atoms with Crippen LogP contribution in [0.2, 0.25) is 0 Å². The molecule has 3 nitrogen and oxygen atoms in total. The zero-order valence-electron chi connectivity index (χ0n) is 16.3. The van der Waals surface area contributed by atoms with Crippen LogP contribution < -0.4 is 10.1 Å². The van der Waals surface area contributed by atoms with E-state index in [2.05, 4.69) is 10.1 Å². The Balaban J connectivity index is 1.92. The summed E-state index contributed by atoms with van der Waals surface area (Å²) in [5.74, 6) is 0.00875. The molecular weight excluding hydrogens is 383 g/mol. The maximum atomic E-state index is 15.3. The van der Waals surface area contributed by atoms with Crippen LogP contribution in [0, 0.1) is 11.6 Å². The van der Waals surface area contributed by atoms with E-state index in [9.17, 15) is 4.39 Å². The highest BCUT2D eigenvalue weighted by Gasteiger charge is 2.50. The van der Waals surface area contributed by atoms with Crippen molar-refractivity contribution in [1.82, 2.24) is 15.2 Å². The van der Waals surface area contributed by atoms with Crippen LogP contribution in [0.25, 0.3) is 11.1 Å². The molecule has 152 valence electrons. The Bertz CT molecular complexity index is 815. The van der Waals surface area contributed by atoms with Crippen LogP contribution in [-0.2, 0) is 6.42 Å². The fraction of sp³-hybridized carbons (Fsp3) is 0.429. The van der Waals surface area contributed by atoms with Crippen molar-refractivity contribution in [2.24, 2.45) is 0 Å². The average molecular weight is 410 g/mol. The zero-order valence-corrected chi connectivity index (χ0v) is 17.1. The fourth-order valence-corrected chi connectivity index (χ4v) is 4.57. The molecule has 0 spiro atoms. The number of nitrogens with one attached hydrogen (secondary N) is 2. The third-order valence-corrected chi connectivity index (χ3v) is 5.91. The zero-order chi connectivity index (χ0) is 20.3. The Morgan fingerprint density at radius 1 is 1.21 bits per heavy atom. The molecule has 1 heterocycles. The van der Waals surface area contributed by atoms with E-state index in [1.165, 1.54) is 24.1 Å². The molecule has 0 bridgehead atoms. The molecule has 2 N–H and O–H groups in total. The van der Waals surface area contributed by atoms with Gasteiger partial charge in [-0.2, -0.15) is 0 Å². The van der Waals surface area contributed by atoms with Gasteiger partial charge in [0.15, 0.2) is 0 Å². The monoisotopic (exact) mass is 409 g/mol. The van der Waals surface area contributed by atoms with Crippen LogP contribution in [0.15, 0.2) is 42.5 Å². The highest BCUT2D eigenvalue weighted by Crippen LogP contribution is 2.34. The van der Waals surface area contributed by atoms with E-state index in [-0.39, 0.29) is 12.6 Å². The second kappa shape index (κ2) is 8.86. The van der Waals surface area contributed by atoms with Gasteiger partial charge >= 0.3 is 0 Å². The molecule has 2 aromatic carbocycles. The molecule has 0 radical (unpaired) electrons. The van der Waals surface area contributed by atoms with Gasteiger partial charge in [-0.05, 0) is 43.7 Å². The number of rotatable bonds is 7. The molecule has 3 unspecified atom stereocenters.